The van der Waals surface area contributed by atoms with Crippen molar-refractivity contribution in [2.45, 2.75) is 37.8 Å². The Balaban J connectivity index is 1.58. The van der Waals surface area contributed by atoms with Gasteiger partial charge in [0, 0.05) is 25.6 Å². The van der Waals surface area contributed by atoms with Gasteiger partial charge in [-0.3, -0.25) is 13.9 Å². The van der Waals surface area contributed by atoms with Crippen molar-refractivity contribution in [3.8, 4) is 11.5 Å². The van der Waals surface area contributed by atoms with Crippen molar-refractivity contribution in [2.24, 2.45) is 0 Å². The van der Waals surface area contributed by atoms with Crippen LogP contribution >= 0.6 is 0 Å². The zero-order valence-corrected chi connectivity index (χ0v) is 26.2. The summed E-state index contributed by atoms with van der Waals surface area (Å²) in [7, 11) is -4.21. The van der Waals surface area contributed by atoms with Crippen LogP contribution in [0.4, 0.5) is 5.69 Å². The van der Waals surface area contributed by atoms with Gasteiger partial charge in [0.1, 0.15) is 25.8 Å². The average molecular weight is 628 g/mol. The van der Waals surface area contributed by atoms with Gasteiger partial charge in [-0.1, -0.05) is 78.4 Å². The molecule has 0 aliphatic carbocycles. The van der Waals surface area contributed by atoms with Crippen LogP contribution < -0.4 is 19.1 Å². The van der Waals surface area contributed by atoms with E-state index in [1.807, 2.05) is 68.4 Å². The van der Waals surface area contributed by atoms with E-state index in [0.29, 0.717) is 31.3 Å². The number of rotatable bonds is 12. The van der Waals surface area contributed by atoms with Gasteiger partial charge >= 0.3 is 0 Å². The third-order valence-electron chi connectivity index (χ3n) is 7.48. The molecule has 10 heteroatoms. The van der Waals surface area contributed by atoms with Gasteiger partial charge in [0.05, 0.1) is 10.6 Å². The number of nitrogens with one attached hydrogen (secondary N) is 1. The summed E-state index contributed by atoms with van der Waals surface area (Å²) in [5.74, 6) is 0.0335. The van der Waals surface area contributed by atoms with Crippen molar-refractivity contribution < 1.29 is 27.5 Å². The molecule has 0 saturated heterocycles. The van der Waals surface area contributed by atoms with Gasteiger partial charge in [-0.05, 0) is 49.2 Å². The predicted molar refractivity (Wildman–Crippen MR) is 173 cm³/mol. The van der Waals surface area contributed by atoms with Gasteiger partial charge in [0.15, 0.2) is 11.5 Å². The van der Waals surface area contributed by atoms with E-state index in [1.54, 1.807) is 36.4 Å². The van der Waals surface area contributed by atoms with Crippen molar-refractivity contribution in [2.75, 3.05) is 30.6 Å². The van der Waals surface area contributed by atoms with E-state index < -0.39 is 28.5 Å². The minimum absolute atomic E-state index is 0.0301. The molecule has 2 amide bonds. The van der Waals surface area contributed by atoms with Crippen molar-refractivity contribution >= 4 is 27.5 Å². The second-order valence-corrected chi connectivity index (χ2v) is 12.6. The monoisotopic (exact) mass is 627 g/mol. The van der Waals surface area contributed by atoms with Crippen molar-refractivity contribution in [1.82, 2.24) is 10.2 Å². The fraction of sp³-hybridized carbons (Fsp3) is 0.257. The first-order valence-corrected chi connectivity index (χ1v) is 16.3. The molecule has 1 aliphatic rings. The number of sulfonamides is 1. The second-order valence-electron chi connectivity index (χ2n) is 10.8. The predicted octanol–water partition coefficient (Wildman–Crippen LogP) is 4.74. The number of hydrogen-bond acceptors (Lipinski definition) is 6. The van der Waals surface area contributed by atoms with Crippen LogP contribution in [0.15, 0.2) is 108 Å². The molecule has 9 nitrogen and oxygen atoms in total. The molecule has 1 aliphatic heterocycles. The summed E-state index contributed by atoms with van der Waals surface area (Å²) < 4.78 is 40.8. The Labute approximate surface area is 264 Å². The number of amides is 2. The summed E-state index contributed by atoms with van der Waals surface area (Å²) >= 11 is 0. The van der Waals surface area contributed by atoms with Crippen LogP contribution in [0.5, 0.6) is 11.5 Å². The maximum Gasteiger partial charge on any atom is 0.264 e. The molecule has 0 spiro atoms. The van der Waals surface area contributed by atoms with E-state index in [1.165, 1.54) is 17.0 Å². The standard InChI is InChI=1S/C35H37N3O6S/c1-3-36-35(40)31(22-27-12-6-4-7-13-27)37(24-28-14-10-11-26(2)21-28)34(39)25-38(45(41,42)30-15-8-5-9-16-30)29-17-18-32-33(23-29)44-20-19-43-32/h4-18,21,23,31H,3,19-20,22,24-25H2,1-2H3,(H,36,40)/t31-/m1/s1. The molecule has 0 aromatic heterocycles. The Morgan fingerprint density at radius 3 is 2.18 bits per heavy atom. The summed E-state index contributed by atoms with van der Waals surface area (Å²) in [6.07, 6.45) is 0.250. The zero-order valence-electron chi connectivity index (χ0n) is 25.4. The third kappa shape index (κ3) is 7.64. The molecule has 1 heterocycles. The van der Waals surface area contributed by atoms with Gasteiger partial charge in [-0.2, -0.15) is 0 Å². The van der Waals surface area contributed by atoms with Crippen LogP contribution in [-0.4, -0.2) is 57.5 Å². The summed E-state index contributed by atoms with van der Waals surface area (Å²) in [6.45, 7) is 4.41. The maximum atomic E-state index is 14.5. The number of likely N-dealkylation sites (N-methyl/N-ethyl adjacent to an activating group) is 1. The van der Waals surface area contributed by atoms with Crippen LogP contribution in [0, 0.1) is 6.92 Å². The summed E-state index contributed by atoms with van der Waals surface area (Å²) in [6, 6.07) is 29.0. The van der Waals surface area contributed by atoms with Crippen LogP contribution in [-0.2, 0) is 32.6 Å². The highest BCUT2D eigenvalue weighted by Crippen LogP contribution is 2.36. The molecule has 0 fully saturated rings. The minimum atomic E-state index is -4.21. The summed E-state index contributed by atoms with van der Waals surface area (Å²) in [4.78, 5) is 29.6. The lowest BCUT2D eigenvalue weighted by Crippen LogP contribution is -2.53. The highest BCUT2D eigenvalue weighted by atomic mass is 32.2. The number of nitrogens with zero attached hydrogens (tertiary/aromatic N) is 2. The molecule has 0 radical (unpaired) electrons. The SMILES string of the molecule is CCNC(=O)[C@@H](Cc1ccccc1)N(Cc1cccc(C)c1)C(=O)CN(c1ccc2c(c1)OCCO2)S(=O)(=O)c1ccccc1. The number of ether oxygens (including phenoxy) is 2. The Morgan fingerprint density at radius 1 is 0.822 bits per heavy atom. The quantitative estimate of drug-likeness (QED) is 0.243. The number of anilines is 1. The van der Waals surface area contributed by atoms with Crippen LogP contribution in [0.25, 0.3) is 0 Å². The van der Waals surface area contributed by atoms with E-state index in [4.69, 9.17) is 9.47 Å². The molecule has 4 aromatic rings. The fourth-order valence-corrected chi connectivity index (χ4v) is 6.72. The molecule has 1 N–H and O–H groups in total. The lowest BCUT2D eigenvalue weighted by Gasteiger charge is -2.34. The number of hydrogen-bond donors (Lipinski definition) is 1. The zero-order chi connectivity index (χ0) is 31.8. The first-order chi connectivity index (χ1) is 21.8. The molecule has 0 unspecified atom stereocenters. The lowest BCUT2D eigenvalue weighted by molar-refractivity contribution is -0.140. The molecular weight excluding hydrogens is 590 g/mol. The fourth-order valence-electron chi connectivity index (χ4n) is 5.29. The van der Waals surface area contributed by atoms with Crippen molar-refractivity contribution in [3.05, 3.63) is 120 Å². The molecular formula is C35H37N3O6S. The van der Waals surface area contributed by atoms with Crippen molar-refractivity contribution in [1.29, 1.82) is 0 Å². The minimum Gasteiger partial charge on any atom is -0.486 e. The van der Waals surface area contributed by atoms with Gasteiger partial charge in [-0.25, -0.2) is 8.42 Å². The number of carbonyl (C=O) groups excluding carboxylic acids is 2. The summed E-state index contributed by atoms with van der Waals surface area (Å²) in [5, 5.41) is 2.88. The van der Waals surface area contributed by atoms with Crippen LogP contribution in [0.1, 0.15) is 23.6 Å². The van der Waals surface area contributed by atoms with E-state index in [0.717, 1.165) is 21.0 Å². The number of carbonyl (C=O) groups is 2. The lowest BCUT2D eigenvalue weighted by atomic mass is 10.0. The van der Waals surface area contributed by atoms with Crippen LogP contribution in [0.3, 0.4) is 0 Å². The Bertz CT molecular complexity index is 1730. The summed E-state index contributed by atoms with van der Waals surface area (Å²) in [5.41, 5.74) is 2.94. The third-order valence-corrected chi connectivity index (χ3v) is 9.27. The molecule has 45 heavy (non-hydrogen) atoms. The van der Waals surface area contributed by atoms with Gasteiger partial charge in [0.2, 0.25) is 11.8 Å². The van der Waals surface area contributed by atoms with Crippen LogP contribution in [0.2, 0.25) is 0 Å². The normalized spacial score (nSPS) is 13.0. The first-order valence-electron chi connectivity index (χ1n) is 14.9. The molecule has 234 valence electrons. The van der Waals surface area contributed by atoms with E-state index in [9.17, 15) is 18.0 Å². The highest BCUT2D eigenvalue weighted by molar-refractivity contribution is 7.92. The topological polar surface area (TPSA) is 105 Å². The molecule has 4 aromatic carbocycles. The van der Waals surface area contributed by atoms with Crippen molar-refractivity contribution in [3.63, 3.8) is 0 Å². The average Bonchev–Trinajstić information content (AvgIpc) is 3.06. The molecule has 0 bridgehead atoms. The van der Waals surface area contributed by atoms with Gasteiger partial charge in [0.25, 0.3) is 10.0 Å². The Hall–Kier alpha value is -4.83. The number of aryl methyl sites for hydroxylation is 1. The number of benzene rings is 4. The molecule has 0 saturated carbocycles. The second kappa shape index (κ2) is 14.3. The van der Waals surface area contributed by atoms with E-state index in [-0.39, 0.29) is 29.5 Å². The van der Waals surface area contributed by atoms with Gasteiger partial charge in [-0.15, -0.1) is 0 Å². The van der Waals surface area contributed by atoms with E-state index >= 15 is 0 Å². The highest BCUT2D eigenvalue weighted by Gasteiger charge is 2.35. The van der Waals surface area contributed by atoms with Gasteiger partial charge < -0.3 is 19.7 Å². The largest absolute Gasteiger partial charge is 0.486 e. The Morgan fingerprint density at radius 2 is 1.49 bits per heavy atom. The Kier molecular flexibility index (Phi) is 10.0. The molecule has 1 atom stereocenters. The smallest absolute Gasteiger partial charge is 0.264 e. The van der Waals surface area contributed by atoms with E-state index in [2.05, 4.69) is 5.32 Å². The maximum absolute atomic E-state index is 14.5. The number of fused-ring (bicyclic) bond motifs is 1. The molecule has 5 rings (SSSR count). The first kappa shape index (κ1) is 31.6.